The van der Waals surface area contributed by atoms with Gasteiger partial charge >= 0.3 is 0 Å². The highest BCUT2D eigenvalue weighted by Crippen LogP contribution is 2.60. The van der Waals surface area contributed by atoms with Crippen molar-refractivity contribution in [2.45, 2.75) is 108 Å². The molecule has 5 aliphatic carbocycles. The van der Waals surface area contributed by atoms with E-state index in [1.165, 1.54) is 63.5 Å². The summed E-state index contributed by atoms with van der Waals surface area (Å²) in [5, 5.41) is 8.44. The minimum atomic E-state index is -0.297. The first-order valence-electron chi connectivity index (χ1n) is 12.6. The molecule has 5 fully saturated rings. The molecule has 5 saturated carbocycles. The van der Waals surface area contributed by atoms with Crippen molar-refractivity contribution in [1.82, 2.24) is 15.1 Å². The standard InChI is InChI=1S/C25H40N4O/c1-16(2)8-21(24(30)27-20-6-4-3-5-7-20)29-23(26)12-22(28-29)25-13-17-9-18(14-25)11-19(10-17)15-25/h12,16-21H,3-11,13-15,26H2,1-2H3,(H,27,30). The summed E-state index contributed by atoms with van der Waals surface area (Å²) in [5.74, 6) is 3.84. The molecule has 1 aromatic heterocycles. The second-order valence-corrected chi connectivity index (χ2v) is 11.6. The minimum Gasteiger partial charge on any atom is -0.384 e. The van der Waals surface area contributed by atoms with E-state index < -0.39 is 0 Å². The van der Waals surface area contributed by atoms with E-state index in [1.54, 1.807) is 0 Å². The number of nitrogens with one attached hydrogen (secondary N) is 1. The van der Waals surface area contributed by atoms with Crippen molar-refractivity contribution in [3.8, 4) is 0 Å². The second-order valence-electron chi connectivity index (χ2n) is 11.6. The summed E-state index contributed by atoms with van der Waals surface area (Å²) in [7, 11) is 0. The Morgan fingerprint density at radius 2 is 1.73 bits per heavy atom. The number of nitrogens with two attached hydrogens (primary N) is 1. The molecular formula is C25H40N4O. The summed E-state index contributed by atoms with van der Waals surface area (Å²) in [5.41, 5.74) is 7.93. The van der Waals surface area contributed by atoms with Crippen LogP contribution in [0.5, 0.6) is 0 Å². The Kier molecular flexibility index (Phi) is 5.35. The van der Waals surface area contributed by atoms with Crippen molar-refractivity contribution in [1.29, 1.82) is 0 Å². The summed E-state index contributed by atoms with van der Waals surface area (Å²) >= 11 is 0. The molecule has 0 aromatic carbocycles. The third kappa shape index (κ3) is 3.78. The first kappa shape index (κ1) is 20.4. The fourth-order valence-corrected chi connectivity index (χ4v) is 7.65. The topological polar surface area (TPSA) is 72.9 Å². The predicted octanol–water partition coefficient (Wildman–Crippen LogP) is 4.97. The molecule has 5 aliphatic rings. The fourth-order valence-electron chi connectivity index (χ4n) is 7.65. The zero-order valence-corrected chi connectivity index (χ0v) is 18.9. The largest absolute Gasteiger partial charge is 0.384 e. The fraction of sp³-hybridized carbons (Fsp3) is 0.840. The normalized spacial score (nSPS) is 34.4. The van der Waals surface area contributed by atoms with E-state index in [4.69, 9.17) is 10.8 Å². The summed E-state index contributed by atoms with van der Waals surface area (Å²) < 4.78 is 1.88. The van der Waals surface area contributed by atoms with Gasteiger partial charge in [0.1, 0.15) is 11.9 Å². The van der Waals surface area contributed by atoms with Gasteiger partial charge in [-0.25, -0.2) is 4.68 Å². The van der Waals surface area contributed by atoms with E-state index in [1.807, 2.05) is 4.68 Å². The SMILES string of the molecule is CC(C)CC(C(=O)NC1CCCCC1)n1nc(C23CC4CC(CC(C4)C2)C3)cc1N. The number of rotatable bonds is 6. The minimum absolute atomic E-state index is 0.113. The van der Waals surface area contributed by atoms with Crippen LogP contribution in [0.4, 0.5) is 5.82 Å². The molecule has 3 N–H and O–H groups in total. The van der Waals surface area contributed by atoms with Crippen molar-refractivity contribution in [2.24, 2.45) is 23.7 Å². The summed E-state index contributed by atoms with van der Waals surface area (Å²) in [4.78, 5) is 13.3. The van der Waals surface area contributed by atoms with Crippen LogP contribution < -0.4 is 11.1 Å². The summed E-state index contributed by atoms with van der Waals surface area (Å²) in [6.45, 7) is 4.36. The first-order chi connectivity index (χ1) is 14.4. The maximum absolute atomic E-state index is 13.3. The van der Waals surface area contributed by atoms with Crippen molar-refractivity contribution >= 4 is 11.7 Å². The molecule has 6 rings (SSSR count). The molecular weight excluding hydrogens is 372 g/mol. The monoisotopic (exact) mass is 412 g/mol. The Bertz CT molecular complexity index is 741. The van der Waals surface area contributed by atoms with Crippen molar-refractivity contribution in [3.63, 3.8) is 0 Å². The molecule has 0 saturated heterocycles. The number of nitrogen functional groups attached to an aromatic ring is 1. The van der Waals surface area contributed by atoms with Gasteiger partial charge in [-0.2, -0.15) is 5.10 Å². The number of anilines is 1. The molecule has 1 unspecified atom stereocenters. The Balaban J connectivity index is 1.40. The lowest BCUT2D eigenvalue weighted by molar-refractivity contribution is -0.126. The van der Waals surface area contributed by atoms with Gasteiger partial charge in [0.15, 0.2) is 0 Å². The smallest absolute Gasteiger partial charge is 0.245 e. The number of nitrogens with zero attached hydrogens (tertiary/aromatic N) is 2. The van der Waals surface area contributed by atoms with Gasteiger partial charge in [0.2, 0.25) is 5.91 Å². The van der Waals surface area contributed by atoms with E-state index in [9.17, 15) is 4.79 Å². The maximum atomic E-state index is 13.3. The van der Waals surface area contributed by atoms with E-state index in [2.05, 4.69) is 25.2 Å². The molecule has 0 spiro atoms. The molecule has 166 valence electrons. The van der Waals surface area contributed by atoms with Crippen LogP contribution in [0, 0.1) is 23.7 Å². The van der Waals surface area contributed by atoms with Crippen LogP contribution in [-0.4, -0.2) is 21.7 Å². The van der Waals surface area contributed by atoms with Crippen molar-refractivity contribution < 1.29 is 4.79 Å². The number of hydrogen-bond donors (Lipinski definition) is 2. The Morgan fingerprint density at radius 1 is 1.13 bits per heavy atom. The highest BCUT2D eigenvalue weighted by atomic mass is 16.2. The van der Waals surface area contributed by atoms with Gasteiger partial charge < -0.3 is 11.1 Å². The van der Waals surface area contributed by atoms with Gasteiger partial charge in [0.05, 0.1) is 5.69 Å². The van der Waals surface area contributed by atoms with E-state index in [-0.39, 0.29) is 17.4 Å². The van der Waals surface area contributed by atoms with Crippen LogP contribution >= 0.6 is 0 Å². The summed E-state index contributed by atoms with van der Waals surface area (Å²) in [6.07, 6.45) is 14.8. The number of carbonyl (C=O) groups excluding carboxylic acids is 1. The van der Waals surface area contributed by atoms with Crippen molar-refractivity contribution in [3.05, 3.63) is 11.8 Å². The molecule has 5 heteroatoms. The average molecular weight is 413 g/mol. The molecule has 1 amide bonds. The van der Waals surface area contributed by atoms with Gasteiger partial charge in [0.25, 0.3) is 0 Å². The van der Waals surface area contributed by atoms with Gasteiger partial charge in [-0.3, -0.25) is 4.79 Å². The molecule has 0 radical (unpaired) electrons. The van der Waals surface area contributed by atoms with E-state index >= 15 is 0 Å². The van der Waals surface area contributed by atoms with Gasteiger partial charge in [0, 0.05) is 17.5 Å². The Hall–Kier alpha value is -1.52. The second kappa shape index (κ2) is 7.87. The highest BCUT2D eigenvalue weighted by Gasteiger charge is 2.53. The maximum Gasteiger partial charge on any atom is 0.245 e. The lowest BCUT2D eigenvalue weighted by Crippen LogP contribution is -2.48. The molecule has 1 aromatic rings. The molecule has 30 heavy (non-hydrogen) atoms. The first-order valence-corrected chi connectivity index (χ1v) is 12.6. The predicted molar refractivity (Wildman–Crippen MR) is 120 cm³/mol. The van der Waals surface area contributed by atoms with E-state index in [0.29, 0.717) is 17.8 Å². The number of carbonyl (C=O) groups is 1. The molecule has 5 nitrogen and oxygen atoms in total. The molecule has 1 atom stereocenters. The number of amides is 1. The third-order valence-corrected chi connectivity index (χ3v) is 8.59. The molecule has 1 heterocycles. The van der Waals surface area contributed by atoms with Crippen molar-refractivity contribution in [2.75, 3.05) is 5.73 Å². The quantitative estimate of drug-likeness (QED) is 0.693. The lowest BCUT2D eigenvalue weighted by atomic mass is 9.49. The zero-order valence-electron chi connectivity index (χ0n) is 18.9. The van der Waals surface area contributed by atoms with Crippen LogP contribution in [0.1, 0.15) is 103 Å². The van der Waals surface area contributed by atoms with Crippen LogP contribution in [-0.2, 0) is 10.2 Å². The van der Waals surface area contributed by atoms with Crippen LogP contribution in [0.2, 0.25) is 0 Å². The highest BCUT2D eigenvalue weighted by molar-refractivity contribution is 5.81. The molecule has 0 aliphatic heterocycles. The Labute approximate surface area is 181 Å². The number of hydrogen-bond acceptors (Lipinski definition) is 3. The zero-order chi connectivity index (χ0) is 20.9. The average Bonchev–Trinajstić information content (AvgIpc) is 3.08. The third-order valence-electron chi connectivity index (χ3n) is 8.59. The van der Waals surface area contributed by atoms with Crippen LogP contribution in [0.25, 0.3) is 0 Å². The van der Waals surface area contributed by atoms with Gasteiger partial charge in [-0.1, -0.05) is 33.1 Å². The van der Waals surface area contributed by atoms with Gasteiger partial charge in [-0.05, 0) is 81.5 Å². The van der Waals surface area contributed by atoms with E-state index in [0.717, 1.165) is 37.0 Å². The number of aromatic nitrogens is 2. The van der Waals surface area contributed by atoms with Crippen LogP contribution in [0.15, 0.2) is 6.07 Å². The Morgan fingerprint density at radius 3 is 2.30 bits per heavy atom. The van der Waals surface area contributed by atoms with Crippen LogP contribution in [0.3, 0.4) is 0 Å². The van der Waals surface area contributed by atoms with Gasteiger partial charge in [-0.15, -0.1) is 0 Å². The lowest BCUT2D eigenvalue weighted by Gasteiger charge is -2.56. The molecule has 4 bridgehead atoms. The summed E-state index contributed by atoms with van der Waals surface area (Å²) in [6, 6.07) is 2.14.